The van der Waals surface area contributed by atoms with Crippen LogP contribution in [0.2, 0.25) is 0 Å². The molecule has 0 unspecified atom stereocenters. The summed E-state index contributed by atoms with van der Waals surface area (Å²) in [6.45, 7) is 3.62. The maximum Gasteiger partial charge on any atom is 0.258 e. The van der Waals surface area contributed by atoms with E-state index in [1.807, 2.05) is 25.1 Å². The van der Waals surface area contributed by atoms with Gasteiger partial charge >= 0.3 is 0 Å². The monoisotopic (exact) mass is 384 g/mol. The highest BCUT2D eigenvalue weighted by molar-refractivity contribution is 7.89. The second-order valence-electron chi connectivity index (χ2n) is 7.28. The van der Waals surface area contributed by atoms with Crippen LogP contribution < -0.4 is 4.90 Å². The zero-order valence-corrected chi connectivity index (χ0v) is 16.3. The van der Waals surface area contributed by atoms with Gasteiger partial charge in [0.25, 0.3) is 5.91 Å². The fourth-order valence-electron chi connectivity index (χ4n) is 3.96. The molecule has 0 saturated carbocycles. The van der Waals surface area contributed by atoms with E-state index >= 15 is 0 Å². The predicted molar refractivity (Wildman–Crippen MR) is 106 cm³/mol. The van der Waals surface area contributed by atoms with Crippen LogP contribution in [0.3, 0.4) is 0 Å². The van der Waals surface area contributed by atoms with Crippen molar-refractivity contribution in [2.75, 3.05) is 24.5 Å². The minimum atomic E-state index is -3.54. The van der Waals surface area contributed by atoms with Crippen LogP contribution in [0.5, 0.6) is 0 Å². The van der Waals surface area contributed by atoms with E-state index in [1.54, 1.807) is 23.1 Å². The number of fused-ring (bicyclic) bond motifs is 1. The molecular formula is C21H24N2O3S. The van der Waals surface area contributed by atoms with Crippen LogP contribution in [0.1, 0.15) is 40.7 Å². The van der Waals surface area contributed by atoms with Crippen LogP contribution in [0, 0.1) is 6.92 Å². The lowest BCUT2D eigenvalue weighted by Crippen LogP contribution is -2.36. The molecule has 27 heavy (non-hydrogen) atoms. The molecule has 0 radical (unpaired) electrons. The van der Waals surface area contributed by atoms with Crippen LogP contribution in [0.4, 0.5) is 5.69 Å². The van der Waals surface area contributed by atoms with Crippen LogP contribution in [-0.2, 0) is 16.4 Å². The van der Waals surface area contributed by atoms with Crippen LogP contribution in [0.25, 0.3) is 0 Å². The molecule has 0 aromatic heterocycles. The van der Waals surface area contributed by atoms with E-state index in [9.17, 15) is 13.2 Å². The summed E-state index contributed by atoms with van der Waals surface area (Å²) >= 11 is 0. The highest BCUT2D eigenvalue weighted by Gasteiger charge is 2.30. The molecule has 0 atom stereocenters. The molecule has 1 amide bonds. The topological polar surface area (TPSA) is 57.7 Å². The average molecular weight is 385 g/mol. The first-order chi connectivity index (χ1) is 13.0. The SMILES string of the molecule is Cc1ccc(S(=O)(=O)N2CCCC2)cc1C(=O)N1CCCc2ccccc21. The lowest BCUT2D eigenvalue weighted by molar-refractivity contribution is 0.0984. The molecule has 2 aliphatic heterocycles. The van der Waals surface area contributed by atoms with Gasteiger partial charge in [-0.25, -0.2) is 8.42 Å². The van der Waals surface area contributed by atoms with Crippen molar-refractivity contribution in [2.45, 2.75) is 37.5 Å². The van der Waals surface area contributed by atoms with Crippen molar-refractivity contribution in [1.82, 2.24) is 4.31 Å². The van der Waals surface area contributed by atoms with Gasteiger partial charge in [-0.05, 0) is 61.9 Å². The van der Waals surface area contributed by atoms with Gasteiger partial charge in [0.2, 0.25) is 10.0 Å². The maximum absolute atomic E-state index is 13.3. The molecule has 2 heterocycles. The van der Waals surface area contributed by atoms with Gasteiger partial charge < -0.3 is 4.90 Å². The van der Waals surface area contributed by atoms with Gasteiger partial charge in [-0.15, -0.1) is 0 Å². The Balaban J connectivity index is 1.71. The van der Waals surface area contributed by atoms with Crippen LogP contribution in [-0.4, -0.2) is 38.3 Å². The summed E-state index contributed by atoms with van der Waals surface area (Å²) in [5.41, 5.74) is 3.35. The first-order valence-electron chi connectivity index (χ1n) is 9.49. The molecule has 0 bridgehead atoms. The Morgan fingerprint density at radius 1 is 0.963 bits per heavy atom. The number of hydrogen-bond acceptors (Lipinski definition) is 3. The van der Waals surface area contributed by atoms with E-state index in [1.165, 1.54) is 4.31 Å². The Kier molecular flexibility index (Phi) is 4.78. The predicted octanol–water partition coefficient (Wildman–Crippen LogP) is 3.37. The number of amides is 1. The number of carbonyl (C=O) groups excluding carboxylic acids is 1. The summed E-state index contributed by atoms with van der Waals surface area (Å²) in [6.07, 6.45) is 3.65. The third kappa shape index (κ3) is 3.28. The molecule has 0 spiro atoms. The quantitative estimate of drug-likeness (QED) is 0.815. The summed E-state index contributed by atoms with van der Waals surface area (Å²) in [5.74, 6) is -0.127. The largest absolute Gasteiger partial charge is 0.308 e. The molecule has 2 aromatic rings. The molecule has 0 N–H and O–H groups in total. The normalized spacial score (nSPS) is 17.7. The highest BCUT2D eigenvalue weighted by atomic mass is 32.2. The zero-order valence-electron chi connectivity index (χ0n) is 15.5. The summed E-state index contributed by atoms with van der Waals surface area (Å²) in [4.78, 5) is 15.3. The van der Waals surface area contributed by atoms with Crippen molar-refractivity contribution in [3.63, 3.8) is 0 Å². The number of hydrogen-bond donors (Lipinski definition) is 0. The molecule has 4 rings (SSSR count). The summed E-state index contributed by atoms with van der Waals surface area (Å²) in [6, 6.07) is 12.9. The van der Waals surface area contributed by atoms with Crippen molar-refractivity contribution < 1.29 is 13.2 Å². The first kappa shape index (κ1) is 18.2. The zero-order chi connectivity index (χ0) is 19.0. The van der Waals surface area contributed by atoms with E-state index in [4.69, 9.17) is 0 Å². The highest BCUT2D eigenvalue weighted by Crippen LogP contribution is 2.30. The average Bonchev–Trinajstić information content (AvgIpc) is 3.23. The number of benzene rings is 2. The molecule has 1 fully saturated rings. The third-order valence-corrected chi connectivity index (χ3v) is 7.39. The van der Waals surface area contributed by atoms with E-state index in [2.05, 4.69) is 6.07 Å². The van der Waals surface area contributed by atoms with E-state index in [-0.39, 0.29) is 10.8 Å². The number of aryl methyl sites for hydroxylation is 2. The van der Waals surface area contributed by atoms with Crippen molar-refractivity contribution >= 4 is 21.6 Å². The second kappa shape index (κ2) is 7.09. The van der Waals surface area contributed by atoms with E-state index < -0.39 is 10.0 Å². The number of para-hydroxylation sites is 1. The number of sulfonamides is 1. The first-order valence-corrected chi connectivity index (χ1v) is 10.9. The van der Waals surface area contributed by atoms with Crippen molar-refractivity contribution in [3.05, 3.63) is 59.2 Å². The van der Waals surface area contributed by atoms with E-state index in [0.717, 1.165) is 42.5 Å². The minimum absolute atomic E-state index is 0.127. The molecular weight excluding hydrogens is 360 g/mol. The Hall–Kier alpha value is -2.18. The Morgan fingerprint density at radius 2 is 1.70 bits per heavy atom. The molecule has 1 saturated heterocycles. The van der Waals surface area contributed by atoms with Crippen molar-refractivity contribution in [2.24, 2.45) is 0 Å². The van der Waals surface area contributed by atoms with Gasteiger partial charge in [0.15, 0.2) is 0 Å². The van der Waals surface area contributed by atoms with Gasteiger partial charge in [-0.2, -0.15) is 4.31 Å². The van der Waals surface area contributed by atoms with Crippen LogP contribution in [0.15, 0.2) is 47.4 Å². The lowest BCUT2D eigenvalue weighted by Gasteiger charge is -2.30. The Morgan fingerprint density at radius 3 is 2.48 bits per heavy atom. The summed E-state index contributed by atoms with van der Waals surface area (Å²) in [5, 5.41) is 0. The number of nitrogens with zero attached hydrogens (tertiary/aromatic N) is 2. The van der Waals surface area contributed by atoms with Gasteiger partial charge in [0.1, 0.15) is 0 Å². The maximum atomic E-state index is 13.3. The molecule has 142 valence electrons. The van der Waals surface area contributed by atoms with Crippen molar-refractivity contribution in [3.8, 4) is 0 Å². The minimum Gasteiger partial charge on any atom is -0.308 e. The Labute approximate surface area is 160 Å². The van der Waals surface area contributed by atoms with Gasteiger partial charge in [-0.3, -0.25) is 4.79 Å². The lowest BCUT2D eigenvalue weighted by atomic mass is 10.00. The van der Waals surface area contributed by atoms with Gasteiger partial charge in [-0.1, -0.05) is 24.3 Å². The van der Waals surface area contributed by atoms with E-state index in [0.29, 0.717) is 25.2 Å². The third-order valence-electron chi connectivity index (χ3n) is 5.50. The standard InChI is InChI=1S/C21H24N2O3S/c1-16-10-11-18(27(25,26)22-12-4-5-13-22)15-19(16)21(24)23-14-6-8-17-7-2-3-9-20(17)23/h2-3,7,9-11,15H,4-6,8,12-14H2,1H3. The molecule has 2 aromatic carbocycles. The van der Waals surface area contributed by atoms with Gasteiger partial charge in [0.05, 0.1) is 4.90 Å². The smallest absolute Gasteiger partial charge is 0.258 e. The van der Waals surface area contributed by atoms with Crippen molar-refractivity contribution in [1.29, 1.82) is 0 Å². The fraction of sp³-hybridized carbons (Fsp3) is 0.381. The molecule has 6 heteroatoms. The number of rotatable bonds is 3. The summed E-state index contributed by atoms with van der Waals surface area (Å²) < 4.78 is 27.3. The molecule has 0 aliphatic carbocycles. The fourth-order valence-corrected chi connectivity index (χ4v) is 5.50. The molecule has 2 aliphatic rings. The number of anilines is 1. The Bertz CT molecular complexity index is 979. The van der Waals surface area contributed by atoms with Crippen LogP contribution >= 0.6 is 0 Å². The van der Waals surface area contributed by atoms with Gasteiger partial charge in [0, 0.05) is 30.9 Å². The summed E-state index contributed by atoms with van der Waals surface area (Å²) in [7, 11) is -3.54. The molecule has 5 nitrogen and oxygen atoms in total. The number of carbonyl (C=O) groups is 1. The second-order valence-corrected chi connectivity index (χ2v) is 9.21.